The monoisotopic (exact) mass is 386 g/mol. The molecule has 0 N–H and O–H groups in total. The Hall–Kier alpha value is -2.73. The van der Waals surface area contributed by atoms with E-state index < -0.39 is 11.7 Å². The molecule has 2 heterocycles. The number of hydrogen-bond donors (Lipinski definition) is 0. The first-order valence-corrected chi connectivity index (χ1v) is 9.28. The second-order valence-electron chi connectivity index (χ2n) is 6.84. The molecule has 1 aliphatic heterocycles. The first-order chi connectivity index (χ1) is 13.5. The molecule has 0 unspecified atom stereocenters. The molecule has 0 saturated carbocycles. The molecule has 2 aromatic carbocycles. The molecule has 0 bridgehead atoms. The highest BCUT2D eigenvalue weighted by Crippen LogP contribution is 2.34. The van der Waals surface area contributed by atoms with Crippen molar-refractivity contribution in [1.82, 2.24) is 4.57 Å². The topological polar surface area (TPSA) is 17.4 Å². The van der Waals surface area contributed by atoms with Gasteiger partial charge in [0.25, 0.3) is 0 Å². The Bertz CT molecular complexity index is 947. The minimum atomic E-state index is -4.36. The lowest BCUT2D eigenvalue weighted by atomic mass is 10.1. The van der Waals surface area contributed by atoms with Crippen LogP contribution in [0.4, 0.5) is 18.9 Å². The Labute approximate surface area is 162 Å². The molecule has 1 saturated heterocycles. The molecule has 146 valence electrons. The van der Waals surface area contributed by atoms with Crippen LogP contribution in [0.25, 0.3) is 5.69 Å². The van der Waals surface area contributed by atoms with Crippen LogP contribution in [-0.2, 0) is 17.3 Å². The van der Waals surface area contributed by atoms with Crippen molar-refractivity contribution in [3.05, 3.63) is 83.7 Å². The van der Waals surface area contributed by atoms with Crippen LogP contribution in [0.5, 0.6) is 0 Å². The fourth-order valence-corrected chi connectivity index (χ4v) is 3.50. The maximum Gasteiger partial charge on any atom is 0.416 e. The van der Waals surface area contributed by atoms with Gasteiger partial charge in [-0.25, -0.2) is 0 Å². The number of hydrogen-bond acceptors (Lipinski definition) is 2. The van der Waals surface area contributed by atoms with Crippen molar-refractivity contribution in [3.63, 3.8) is 0 Å². The molecule has 3 aromatic rings. The van der Waals surface area contributed by atoms with Crippen molar-refractivity contribution in [2.75, 3.05) is 18.1 Å². The highest BCUT2D eigenvalue weighted by molar-refractivity contribution is 5.50. The lowest BCUT2D eigenvalue weighted by molar-refractivity contribution is -0.137. The average molecular weight is 386 g/mol. The molecule has 28 heavy (non-hydrogen) atoms. The van der Waals surface area contributed by atoms with Gasteiger partial charge in [0.15, 0.2) is 6.23 Å². The minimum Gasteiger partial charge on any atom is -0.352 e. The number of halogens is 3. The Morgan fingerprint density at radius 2 is 1.82 bits per heavy atom. The summed E-state index contributed by atoms with van der Waals surface area (Å²) >= 11 is 0. The summed E-state index contributed by atoms with van der Waals surface area (Å²) in [5.41, 5.74) is 3.07. The minimum absolute atomic E-state index is 0.250. The van der Waals surface area contributed by atoms with Crippen LogP contribution in [0.15, 0.2) is 67.0 Å². The zero-order valence-electron chi connectivity index (χ0n) is 15.5. The fourth-order valence-electron chi connectivity index (χ4n) is 3.50. The summed E-state index contributed by atoms with van der Waals surface area (Å²) in [7, 11) is 0. The Kier molecular flexibility index (Phi) is 4.89. The quantitative estimate of drug-likeness (QED) is 0.581. The normalized spacial score (nSPS) is 17.3. The number of aromatic nitrogens is 1. The lowest BCUT2D eigenvalue weighted by Crippen LogP contribution is -2.22. The number of rotatable bonds is 4. The van der Waals surface area contributed by atoms with Crippen LogP contribution in [0.3, 0.4) is 0 Å². The van der Waals surface area contributed by atoms with E-state index in [1.54, 1.807) is 16.8 Å². The number of nitrogens with zero attached hydrogens (tertiary/aromatic N) is 2. The number of alkyl halides is 3. The third-order valence-electron chi connectivity index (χ3n) is 5.04. The number of benzene rings is 2. The van der Waals surface area contributed by atoms with Crippen LogP contribution >= 0.6 is 0 Å². The second kappa shape index (κ2) is 7.36. The summed E-state index contributed by atoms with van der Waals surface area (Å²) in [5, 5.41) is 0. The molecule has 1 fully saturated rings. The molecule has 3 nitrogen and oxygen atoms in total. The second-order valence-corrected chi connectivity index (χ2v) is 6.84. The molecule has 1 aromatic heterocycles. The molecule has 0 radical (unpaired) electrons. The maximum atomic E-state index is 13.0. The van der Waals surface area contributed by atoms with E-state index in [1.165, 1.54) is 11.6 Å². The number of anilines is 1. The summed E-state index contributed by atoms with van der Waals surface area (Å²) in [4.78, 5) is 2.17. The van der Waals surface area contributed by atoms with Gasteiger partial charge in [0.05, 0.1) is 12.2 Å². The predicted molar refractivity (Wildman–Crippen MR) is 103 cm³/mol. The third kappa shape index (κ3) is 3.64. The smallest absolute Gasteiger partial charge is 0.352 e. The molecule has 1 atom stereocenters. The standard InChI is InChI=1S/C22H21F3N2O/c1-2-16-6-8-19(9-7-16)27-12-13-28-21(27)17-10-11-26(15-17)20-5-3-4-18(14-20)22(23,24)25/h3-11,14-15,21H,2,12-13H2,1H3/t21-/m0/s1. The molecule has 4 rings (SSSR count). The van der Waals surface area contributed by atoms with Gasteiger partial charge in [-0.05, 0) is 48.4 Å². The van der Waals surface area contributed by atoms with E-state index in [9.17, 15) is 13.2 Å². The Balaban J connectivity index is 1.59. The van der Waals surface area contributed by atoms with Crippen LogP contribution in [-0.4, -0.2) is 17.7 Å². The van der Waals surface area contributed by atoms with Crippen molar-refractivity contribution in [3.8, 4) is 5.69 Å². The van der Waals surface area contributed by atoms with Gasteiger partial charge in [-0.15, -0.1) is 0 Å². The molecule has 0 aliphatic carbocycles. The molecular formula is C22H21F3N2O. The largest absolute Gasteiger partial charge is 0.416 e. The van der Waals surface area contributed by atoms with Gasteiger partial charge in [0.1, 0.15) is 0 Å². The van der Waals surface area contributed by atoms with E-state index in [-0.39, 0.29) is 6.23 Å². The van der Waals surface area contributed by atoms with Gasteiger partial charge in [-0.3, -0.25) is 0 Å². The summed E-state index contributed by atoms with van der Waals surface area (Å²) in [5.74, 6) is 0. The molecular weight excluding hydrogens is 365 g/mol. The zero-order valence-corrected chi connectivity index (χ0v) is 15.5. The van der Waals surface area contributed by atoms with Crippen molar-refractivity contribution in [2.45, 2.75) is 25.7 Å². The van der Waals surface area contributed by atoms with Crippen LogP contribution in [0.1, 0.15) is 29.8 Å². The van der Waals surface area contributed by atoms with Gasteiger partial charge >= 0.3 is 6.18 Å². The summed E-state index contributed by atoms with van der Waals surface area (Å²) in [6, 6.07) is 15.6. The average Bonchev–Trinajstić information content (AvgIpc) is 3.37. The van der Waals surface area contributed by atoms with Crippen molar-refractivity contribution in [1.29, 1.82) is 0 Å². The first kappa shape index (κ1) is 18.6. The van der Waals surface area contributed by atoms with Gasteiger partial charge in [-0.2, -0.15) is 13.2 Å². The molecule has 1 aliphatic rings. The highest BCUT2D eigenvalue weighted by Gasteiger charge is 2.31. The highest BCUT2D eigenvalue weighted by atomic mass is 19.4. The van der Waals surface area contributed by atoms with E-state index in [1.807, 2.05) is 12.3 Å². The maximum absolute atomic E-state index is 13.0. The fraction of sp³-hybridized carbons (Fsp3) is 0.273. The van der Waals surface area contributed by atoms with Gasteiger partial charge in [0.2, 0.25) is 0 Å². The zero-order chi connectivity index (χ0) is 19.7. The SMILES string of the molecule is CCc1ccc(N2CCO[C@H]2c2ccn(-c3cccc(C(F)(F)F)c3)c2)cc1. The summed E-state index contributed by atoms with van der Waals surface area (Å²) in [6.07, 6.45) is -0.0225. The molecule has 6 heteroatoms. The van der Waals surface area contributed by atoms with E-state index in [4.69, 9.17) is 4.74 Å². The van der Waals surface area contributed by atoms with Crippen molar-refractivity contribution in [2.24, 2.45) is 0 Å². The van der Waals surface area contributed by atoms with Gasteiger partial charge < -0.3 is 14.2 Å². The summed E-state index contributed by atoms with van der Waals surface area (Å²) in [6.45, 7) is 3.49. The number of aryl methyl sites for hydroxylation is 1. The Morgan fingerprint density at radius 3 is 2.54 bits per heavy atom. The van der Waals surface area contributed by atoms with Crippen LogP contribution in [0.2, 0.25) is 0 Å². The third-order valence-corrected chi connectivity index (χ3v) is 5.04. The van der Waals surface area contributed by atoms with E-state index in [2.05, 4.69) is 36.1 Å². The van der Waals surface area contributed by atoms with Crippen molar-refractivity contribution >= 4 is 5.69 Å². The summed E-state index contributed by atoms with van der Waals surface area (Å²) < 4.78 is 46.6. The van der Waals surface area contributed by atoms with E-state index in [0.29, 0.717) is 12.3 Å². The van der Waals surface area contributed by atoms with Crippen LogP contribution < -0.4 is 4.90 Å². The lowest BCUT2D eigenvalue weighted by Gasteiger charge is -2.24. The van der Waals surface area contributed by atoms with E-state index >= 15 is 0 Å². The van der Waals surface area contributed by atoms with Crippen molar-refractivity contribution < 1.29 is 17.9 Å². The van der Waals surface area contributed by atoms with E-state index in [0.717, 1.165) is 36.3 Å². The molecule has 0 spiro atoms. The van der Waals surface area contributed by atoms with Gasteiger partial charge in [-0.1, -0.05) is 25.1 Å². The molecule has 0 amide bonds. The Morgan fingerprint density at radius 1 is 1.04 bits per heavy atom. The predicted octanol–water partition coefficient (Wildman–Crippen LogP) is 5.59. The first-order valence-electron chi connectivity index (χ1n) is 9.28. The van der Waals surface area contributed by atoms with Gasteiger partial charge in [0, 0.05) is 35.9 Å². The number of ether oxygens (including phenoxy) is 1. The van der Waals surface area contributed by atoms with Crippen LogP contribution in [0, 0.1) is 0 Å².